The van der Waals surface area contributed by atoms with Crippen molar-refractivity contribution in [1.82, 2.24) is 3.97 Å². The van der Waals surface area contributed by atoms with E-state index in [1.165, 1.54) is 15.7 Å². The van der Waals surface area contributed by atoms with E-state index in [1.54, 1.807) is 30.3 Å². The van der Waals surface area contributed by atoms with Gasteiger partial charge in [-0.2, -0.15) is 0 Å². The summed E-state index contributed by atoms with van der Waals surface area (Å²) < 4.78 is 37.4. The summed E-state index contributed by atoms with van der Waals surface area (Å²) in [6.07, 6.45) is 1.87. The first-order chi connectivity index (χ1) is 13.8. The maximum absolute atomic E-state index is 13.7. The monoisotopic (exact) mass is 408 g/mol. The number of benzene rings is 3. The van der Waals surface area contributed by atoms with Gasteiger partial charge in [0, 0.05) is 10.9 Å². The lowest BCUT2D eigenvalue weighted by Gasteiger charge is -2.12. The van der Waals surface area contributed by atoms with Gasteiger partial charge in [0.2, 0.25) is 0 Å². The summed E-state index contributed by atoms with van der Waals surface area (Å²) in [5, 5.41) is 1.27. The predicted octanol–water partition coefficient (Wildman–Crippen LogP) is 5.88. The molecular weight excluding hydrogens is 386 g/mol. The van der Waals surface area contributed by atoms with E-state index in [9.17, 15) is 8.42 Å². The van der Waals surface area contributed by atoms with Crippen molar-refractivity contribution in [2.45, 2.75) is 23.8 Å². The highest BCUT2D eigenvalue weighted by atomic mass is 32.2. The molecule has 0 saturated heterocycles. The normalized spacial score (nSPS) is 12.3. The van der Waals surface area contributed by atoms with Crippen LogP contribution in [0.2, 0.25) is 0 Å². The topological polar surface area (TPSA) is 39.1 Å². The van der Waals surface area contributed by atoms with E-state index in [1.807, 2.05) is 56.5 Å². The number of nitrogens with zero attached hydrogens (tertiary/aromatic N) is 1. The quantitative estimate of drug-likeness (QED) is 0.396. The summed E-state index contributed by atoms with van der Waals surface area (Å²) in [7, 11) is -3.83. The molecule has 3 nitrogen and oxygen atoms in total. The van der Waals surface area contributed by atoms with Crippen LogP contribution in [0.15, 0.2) is 82.7 Å². The van der Waals surface area contributed by atoms with Crippen LogP contribution < -0.4 is 0 Å². The van der Waals surface area contributed by atoms with Gasteiger partial charge < -0.3 is 0 Å². The highest BCUT2D eigenvalue weighted by Crippen LogP contribution is 2.41. The van der Waals surface area contributed by atoms with Gasteiger partial charge in [-0.1, -0.05) is 60.1 Å². The Labute approximate surface area is 171 Å². The minimum atomic E-state index is -3.83. The average molecular weight is 409 g/mol. The molecule has 0 aliphatic carbocycles. The Morgan fingerprint density at radius 3 is 2.25 bits per heavy atom. The lowest BCUT2D eigenvalue weighted by Crippen LogP contribution is -2.14. The van der Waals surface area contributed by atoms with Crippen molar-refractivity contribution in [1.29, 1.82) is 0 Å². The van der Waals surface area contributed by atoms with Gasteiger partial charge in [0.25, 0.3) is 10.0 Å². The molecule has 1 heterocycles. The van der Waals surface area contributed by atoms with Crippen molar-refractivity contribution in [3.8, 4) is 11.1 Å². The third kappa shape index (κ3) is 3.05. The van der Waals surface area contributed by atoms with Gasteiger partial charge in [-0.3, -0.25) is 0 Å². The molecule has 1 aromatic heterocycles. The Balaban J connectivity index is 2.16. The predicted molar refractivity (Wildman–Crippen MR) is 118 cm³/mol. The van der Waals surface area contributed by atoms with Crippen LogP contribution in [0.5, 0.6) is 0 Å². The van der Waals surface area contributed by atoms with Crippen LogP contribution in [0.4, 0.5) is 0 Å². The Morgan fingerprint density at radius 2 is 1.61 bits per heavy atom. The number of thioether (sulfide) groups is 1. The van der Waals surface area contributed by atoms with Crippen molar-refractivity contribution in [2.24, 2.45) is 0 Å². The average Bonchev–Trinajstić information content (AvgIpc) is 3.04. The minimum absolute atomic E-state index is 0.239. The Hall–Kier alpha value is -2.50. The Bertz CT molecular complexity index is 1310. The molecule has 0 unspecified atom stereocenters. The molecule has 0 bridgehead atoms. The minimum Gasteiger partial charge on any atom is -0.227 e. The van der Waals surface area contributed by atoms with Crippen LogP contribution in [0.3, 0.4) is 0 Å². The molecule has 3 aromatic carbocycles. The van der Waals surface area contributed by atoms with Crippen molar-refractivity contribution in [3.63, 3.8) is 0 Å². The van der Waals surface area contributed by atoms with Gasteiger partial charge in [0.05, 0.1) is 16.8 Å². The fourth-order valence-electron chi connectivity index (χ4n) is 3.38. The second-order valence-electron chi connectivity index (χ2n) is 6.77. The SMILES string of the molecule is [2H]c1cc(C)cc2c1c(-c1ccccc1)c(SC)n2S(=O)(=O)c1ccc(C)cc1. The van der Waals surface area contributed by atoms with Crippen molar-refractivity contribution >= 4 is 32.7 Å². The van der Waals surface area contributed by atoms with Crippen LogP contribution in [-0.2, 0) is 10.0 Å². The van der Waals surface area contributed by atoms with E-state index in [2.05, 4.69) is 0 Å². The molecule has 0 amide bonds. The van der Waals surface area contributed by atoms with E-state index < -0.39 is 10.0 Å². The molecule has 0 atom stereocenters. The molecule has 28 heavy (non-hydrogen) atoms. The smallest absolute Gasteiger partial charge is 0.227 e. The lowest BCUT2D eigenvalue weighted by atomic mass is 10.0. The van der Waals surface area contributed by atoms with E-state index in [4.69, 9.17) is 1.37 Å². The van der Waals surface area contributed by atoms with Crippen molar-refractivity contribution < 1.29 is 9.79 Å². The van der Waals surface area contributed by atoms with Gasteiger partial charge in [-0.15, -0.1) is 11.8 Å². The number of hydrogen-bond donors (Lipinski definition) is 0. The molecule has 0 radical (unpaired) electrons. The standard InChI is InChI=1S/C23H21NO2S2/c1-16-9-12-19(13-10-16)28(25,26)24-21-15-17(2)11-14-20(21)22(23(24)27-3)18-7-5-4-6-8-18/h4-15H,1-3H3/i14D. The molecule has 142 valence electrons. The molecular formula is C23H21NO2S2. The molecule has 4 rings (SSSR count). The van der Waals surface area contributed by atoms with E-state index >= 15 is 0 Å². The Morgan fingerprint density at radius 1 is 0.929 bits per heavy atom. The maximum Gasteiger partial charge on any atom is 0.269 e. The number of aromatic nitrogens is 1. The zero-order chi connectivity index (χ0) is 20.8. The third-order valence-corrected chi connectivity index (χ3v) is 7.36. The molecule has 0 N–H and O–H groups in total. The van der Waals surface area contributed by atoms with Gasteiger partial charge in [-0.25, -0.2) is 12.4 Å². The van der Waals surface area contributed by atoms with Gasteiger partial charge in [0.15, 0.2) is 0 Å². The highest BCUT2D eigenvalue weighted by molar-refractivity contribution is 7.99. The maximum atomic E-state index is 13.7. The zero-order valence-electron chi connectivity index (χ0n) is 16.9. The third-order valence-electron chi connectivity index (χ3n) is 4.75. The van der Waals surface area contributed by atoms with Crippen LogP contribution >= 0.6 is 11.8 Å². The summed E-state index contributed by atoms with van der Waals surface area (Å²) >= 11 is 1.38. The largest absolute Gasteiger partial charge is 0.269 e. The van der Waals surface area contributed by atoms with Crippen LogP contribution in [0, 0.1) is 13.8 Å². The van der Waals surface area contributed by atoms with Gasteiger partial charge >= 0.3 is 0 Å². The Kier molecular flexibility index (Phi) is 4.49. The fraction of sp³-hybridized carbons (Fsp3) is 0.130. The lowest BCUT2D eigenvalue weighted by molar-refractivity contribution is 0.585. The number of rotatable bonds is 4. The first-order valence-corrected chi connectivity index (χ1v) is 11.6. The molecule has 0 fully saturated rings. The first-order valence-electron chi connectivity index (χ1n) is 9.42. The van der Waals surface area contributed by atoms with Crippen molar-refractivity contribution in [2.75, 3.05) is 6.26 Å². The summed E-state index contributed by atoms with van der Waals surface area (Å²) in [4.78, 5) is 0.239. The number of hydrogen-bond acceptors (Lipinski definition) is 3. The number of fused-ring (bicyclic) bond motifs is 1. The van der Waals surface area contributed by atoms with E-state index in [0.717, 1.165) is 22.3 Å². The molecule has 0 saturated carbocycles. The molecule has 4 aromatic rings. The van der Waals surface area contributed by atoms with E-state index in [0.29, 0.717) is 22.0 Å². The van der Waals surface area contributed by atoms with Gasteiger partial charge in [-0.05, 0) is 49.4 Å². The summed E-state index contributed by atoms with van der Waals surface area (Å²) in [5.74, 6) is 0. The molecule has 5 heteroatoms. The molecule has 0 aliphatic rings. The van der Waals surface area contributed by atoms with Gasteiger partial charge in [0.1, 0.15) is 0 Å². The van der Waals surface area contributed by atoms with Crippen LogP contribution in [0.25, 0.3) is 22.0 Å². The first kappa shape index (κ1) is 17.6. The van der Waals surface area contributed by atoms with Crippen LogP contribution in [0.1, 0.15) is 12.5 Å². The second kappa shape index (κ2) is 7.15. The fourth-order valence-corrected chi connectivity index (χ4v) is 5.99. The zero-order valence-corrected chi connectivity index (χ0v) is 17.6. The highest BCUT2D eigenvalue weighted by Gasteiger charge is 2.27. The molecule has 0 aliphatic heterocycles. The van der Waals surface area contributed by atoms with Crippen molar-refractivity contribution in [3.05, 3.63) is 83.9 Å². The summed E-state index contributed by atoms with van der Waals surface area (Å²) in [5.41, 5.74) is 4.08. The van der Waals surface area contributed by atoms with Crippen LogP contribution in [-0.4, -0.2) is 18.6 Å². The second-order valence-corrected chi connectivity index (χ2v) is 9.35. The number of aryl methyl sites for hydroxylation is 2. The summed E-state index contributed by atoms with van der Waals surface area (Å²) in [6, 6.07) is 20.5. The molecule has 0 spiro atoms. The van der Waals surface area contributed by atoms with E-state index in [-0.39, 0.29) is 4.90 Å². The summed E-state index contributed by atoms with van der Waals surface area (Å²) in [6.45, 7) is 3.81.